The van der Waals surface area contributed by atoms with Gasteiger partial charge < -0.3 is 40.9 Å². The summed E-state index contributed by atoms with van der Waals surface area (Å²) in [7, 11) is -19.9. The van der Waals surface area contributed by atoms with Crippen molar-refractivity contribution in [2.75, 3.05) is 0 Å². The van der Waals surface area contributed by atoms with Gasteiger partial charge in [0.15, 0.2) is 0 Å². The predicted octanol–water partition coefficient (Wildman–Crippen LogP) is 5.46. The lowest BCUT2D eigenvalue weighted by Crippen LogP contribution is -2.13. The highest BCUT2D eigenvalue weighted by atomic mass is 32.2. The molecule has 0 aliphatic rings. The van der Waals surface area contributed by atoms with E-state index in [2.05, 4.69) is 0 Å². The fraction of sp³-hybridized carbons (Fsp3) is 0.400. The number of benzene rings is 4. The van der Waals surface area contributed by atoms with Crippen molar-refractivity contribution in [3.63, 3.8) is 0 Å². The molecule has 12 N–H and O–H groups in total. The Labute approximate surface area is 369 Å². The lowest BCUT2D eigenvalue weighted by Gasteiger charge is -2.28. The molecule has 0 spiro atoms. The van der Waals surface area contributed by atoms with E-state index in [0.717, 1.165) is 24.3 Å². The van der Waals surface area contributed by atoms with Crippen molar-refractivity contribution in [1.29, 1.82) is 0 Å². The van der Waals surface area contributed by atoms with E-state index in [-0.39, 0.29) is 64.6 Å². The van der Waals surface area contributed by atoms with Gasteiger partial charge in [-0.3, -0.25) is 18.2 Å². The van der Waals surface area contributed by atoms with Crippen molar-refractivity contribution in [2.45, 2.75) is 101 Å². The van der Waals surface area contributed by atoms with Gasteiger partial charge in [0.05, 0.1) is 22.3 Å². The molecule has 0 fully saturated rings. The van der Waals surface area contributed by atoms with Crippen molar-refractivity contribution in [1.82, 2.24) is 0 Å². The Kier molecular flexibility index (Phi) is 15.4. The second-order valence-electron chi connectivity index (χ2n) is 15.3. The van der Waals surface area contributed by atoms with Crippen molar-refractivity contribution in [3.8, 4) is 46.0 Å². The number of hydrogen-bond acceptors (Lipinski definition) is 16. The average Bonchev–Trinajstić information content (AvgIpc) is 3.16. The molecule has 0 bridgehead atoms. The summed E-state index contributed by atoms with van der Waals surface area (Å²) in [6, 6.07) is 5.66. The standard InChI is InChI=1S/C40H50O20S4/c1-5-9-19-12-24(36(44)30(34(19)42)16-62(52,53)54)21(7-3)26-14-28(40(48)32(38(26)46)18-64(58,59)60)22(8-4)27-13-25(37(45)31(39(27)47)17-63(55,56)57)20(6-2)23-10-11-33(41)29(35(23)43)15-61(49,50)51/h10-14,20-22,41-48H,5-9,15-18H2,1-4H3,(H,49,50,51)(H,52,53,54)(H,55,56,57)(H,58,59,60). The van der Waals surface area contributed by atoms with Crippen LogP contribution in [0.3, 0.4) is 0 Å². The molecule has 4 aromatic rings. The normalized spacial score (nSPS) is 14.1. The molecule has 0 aliphatic carbocycles. The topological polar surface area (TPSA) is 379 Å². The first kappa shape index (κ1) is 51.6. The van der Waals surface area contributed by atoms with Crippen LogP contribution < -0.4 is 0 Å². The summed E-state index contributed by atoms with van der Waals surface area (Å²) in [5.41, 5.74) is -4.27. The molecule has 3 unspecified atom stereocenters. The van der Waals surface area contributed by atoms with Crippen LogP contribution in [0, 0.1) is 0 Å². The van der Waals surface area contributed by atoms with Gasteiger partial charge in [-0.2, -0.15) is 33.7 Å². The molecule has 0 aromatic heterocycles. The van der Waals surface area contributed by atoms with Crippen molar-refractivity contribution < 1.29 is 92.7 Å². The Morgan fingerprint density at radius 2 is 0.672 bits per heavy atom. The van der Waals surface area contributed by atoms with Gasteiger partial charge >= 0.3 is 0 Å². The van der Waals surface area contributed by atoms with E-state index in [1.807, 2.05) is 0 Å². The van der Waals surface area contributed by atoms with Gasteiger partial charge in [0.1, 0.15) is 69.0 Å². The van der Waals surface area contributed by atoms with Crippen LogP contribution in [0.15, 0.2) is 30.3 Å². The van der Waals surface area contributed by atoms with E-state index in [9.17, 15) is 92.7 Å². The number of hydrogen-bond donors (Lipinski definition) is 12. The molecule has 4 rings (SSSR count). The fourth-order valence-corrected chi connectivity index (χ4v) is 10.7. The summed E-state index contributed by atoms with van der Waals surface area (Å²) in [6.45, 7) is 6.26. The fourth-order valence-electron chi connectivity index (χ4n) is 8.15. The van der Waals surface area contributed by atoms with Crippen LogP contribution in [0.25, 0.3) is 0 Å². The summed E-state index contributed by atoms with van der Waals surface area (Å²) < 4.78 is 136. The molecule has 24 heteroatoms. The van der Waals surface area contributed by atoms with E-state index in [1.165, 1.54) is 26.8 Å². The zero-order chi connectivity index (χ0) is 48.6. The molecular formula is C40H50O20S4. The van der Waals surface area contributed by atoms with Gasteiger partial charge in [-0.1, -0.05) is 40.2 Å². The van der Waals surface area contributed by atoms with E-state index in [4.69, 9.17) is 0 Å². The van der Waals surface area contributed by atoms with Gasteiger partial charge in [0.2, 0.25) is 0 Å². The highest BCUT2D eigenvalue weighted by Crippen LogP contribution is 2.53. The molecule has 0 radical (unpaired) electrons. The molecular weight excluding hydrogens is 929 g/mol. The largest absolute Gasteiger partial charge is 0.507 e. The Morgan fingerprint density at radius 3 is 0.984 bits per heavy atom. The highest BCUT2D eigenvalue weighted by Gasteiger charge is 2.35. The summed E-state index contributed by atoms with van der Waals surface area (Å²) in [5, 5.41) is 91.0. The average molecular weight is 979 g/mol. The molecule has 0 saturated heterocycles. The molecule has 20 nitrogen and oxygen atoms in total. The molecule has 3 atom stereocenters. The third kappa shape index (κ3) is 11.4. The maximum Gasteiger partial charge on any atom is 0.269 e. The summed E-state index contributed by atoms with van der Waals surface area (Å²) >= 11 is 0. The Hall–Kier alpha value is -5.08. The van der Waals surface area contributed by atoms with Gasteiger partial charge in [0, 0.05) is 51.1 Å². The first-order valence-electron chi connectivity index (χ1n) is 19.5. The van der Waals surface area contributed by atoms with E-state index >= 15 is 0 Å². The third-order valence-corrected chi connectivity index (χ3v) is 13.5. The first-order valence-corrected chi connectivity index (χ1v) is 25.9. The lowest BCUT2D eigenvalue weighted by molar-refractivity contribution is 0.413. The third-order valence-electron chi connectivity index (χ3n) is 10.9. The van der Waals surface area contributed by atoms with Crippen LogP contribution in [-0.4, -0.2) is 92.7 Å². The summed E-state index contributed by atoms with van der Waals surface area (Å²) in [5.74, 6) is -16.2. The zero-order valence-corrected chi connectivity index (χ0v) is 38.0. The van der Waals surface area contributed by atoms with Crippen molar-refractivity contribution in [2.24, 2.45) is 0 Å². The van der Waals surface area contributed by atoms with Crippen LogP contribution in [0.4, 0.5) is 0 Å². The van der Waals surface area contributed by atoms with Crippen molar-refractivity contribution in [3.05, 3.63) is 91.5 Å². The minimum Gasteiger partial charge on any atom is -0.507 e. The number of phenols is 8. The molecule has 64 heavy (non-hydrogen) atoms. The monoisotopic (exact) mass is 978 g/mol. The summed E-state index contributed by atoms with van der Waals surface area (Å²) in [4.78, 5) is 0. The molecule has 0 saturated carbocycles. The molecule has 0 aliphatic heterocycles. The number of aryl methyl sites for hydroxylation is 1. The van der Waals surface area contributed by atoms with E-state index in [0.29, 0.717) is 6.42 Å². The van der Waals surface area contributed by atoms with Gasteiger partial charge in [-0.05, 0) is 55.5 Å². The maximum absolute atomic E-state index is 12.4. The van der Waals surface area contributed by atoms with Crippen LogP contribution >= 0.6 is 0 Å². The van der Waals surface area contributed by atoms with Crippen LogP contribution in [0.1, 0.15) is 132 Å². The van der Waals surface area contributed by atoms with Crippen LogP contribution in [0.2, 0.25) is 0 Å². The Balaban J connectivity index is 2.18. The second-order valence-corrected chi connectivity index (χ2v) is 21.1. The van der Waals surface area contributed by atoms with Gasteiger partial charge in [-0.25, -0.2) is 0 Å². The SMILES string of the molecule is CCCc1cc(C(CC)c2cc(C(CC)c3cc(C(CC)c4ccc(O)c(CS(=O)(=O)O)c4O)c(O)c(CS(=O)(=O)O)c3O)c(O)c(CS(=O)(=O)O)c2O)c(O)c(CS(=O)(=O)O)c1O. The van der Waals surface area contributed by atoms with Gasteiger partial charge in [-0.15, -0.1) is 0 Å². The number of rotatable bonds is 19. The minimum absolute atomic E-state index is 0.0872. The minimum atomic E-state index is -5.09. The molecule has 354 valence electrons. The number of aromatic hydroxyl groups is 8. The lowest BCUT2D eigenvalue weighted by atomic mass is 9.78. The first-order chi connectivity index (χ1) is 29.4. The van der Waals surface area contributed by atoms with Crippen LogP contribution in [0.5, 0.6) is 46.0 Å². The highest BCUT2D eigenvalue weighted by molar-refractivity contribution is 7.85. The Morgan fingerprint density at radius 1 is 0.391 bits per heavy atom. The Bertz CT molecular complexity index is 2910. The van der Waals surface area contributed by atoms with E-state index in [1.54, 1.807) is 6.92 Å². The zero-order valence-electron chi connectivity index (χ0n) is 34.7. The smallest absolute Gasteiger partial charge is 0.269 e. The van der Waals surface area contributed by atoms with Crippen LogP contribution in [-0.2, 0) is 69.9 Å². The quantitative estimate of drug-likeness (QED) is 0.0519. The maximum atomic E-state index is 12.4. The molecule has 4 aromatic carbocycles. The molecule has 0 amide bonds. The second kappa shape index (κ2) is 19.2. The predicted molar refractivity (Wildman–Crippen MR) is 230 cm³/mol. The van der Waals surface area contributed by atoms with Gasteiger partial charge in [0.25, 0.3) is 40.5 Å². The number of phenolic OH excluding ortho intramolecular Hbond substituents is 8. The summed E-state index contributed by atoms with van der Waals surface area (Å²) in [6.07, 6.45) is 0.135. The molecule has 0 heterocycles. The van der Waals surface area contributed by atoms with Crippen molar-refractivity contribution >= 4 is 40.5 Å². The van der Waals surface area contributed by atoms with E-state index < -0.39 is 149 Å².